The van der Waals surface area contributed by atoms with Gasteiger partial charge in [-0.25, -0.2) is 0 Å². The van der Waals surface area contributed by atoms with Gasteiger partial charge in [0.1, 0.15) is 0 Å². The van der Waals surface area contributed by atoms with Gasteiger partial charge in [-0.3, -0.25) is 4.79 Å². The van der Waals surface area contributed by atoms with E-state index in [1.165, 1.54) is 19.3 Å². The number of para-hydroxylation sites is 1. The zero-order chi connectivity index (χ0) is 13.9. The normalized spacial score (nSPS) is 22.2. The summed E-state index contributed by atoms with van der Waals surface area (Å²) in [4.78, 5) is 15.3. The number of hydrogen-bond acceptors (Lipinski definition) is 1. The maximum atomic E-state index is 12.1. The molecule has 1 amide bonds. The summed E-state index contributed by atoms with van der Waals surface area (Å²) >= 11 is 0. The van der Waals surface area contributed by atoms with Crippen LogP contribution < -0.4 is 5.32 Å². The molecule has 1 aliphatic carbocycles. The highest BCUT2D eigenvalue weighted by Crippen LogP contribution is 2.30. The Labute approximate surface area is 119 Å². The third kappa shape index (κ3) is 2.72. The second-order valence-corrected chi connectivity index (χ2v) is 6.01. The van der Waals surface area contributed by atoms with Crippen molar-refractivity contribution in [2.24, 2.45) is 11.8 Å². The van der Waals surface area contributed by atoms with Crippen molar-refractivity contribution in [3.8, 4) is 0 Å². The largest absolute Gasteiger partial charge is 0.361 e. The van der Waals surface area contributed by atoms with Crippen LogP contribution in [0.5, 0.6) is 0 Å². The minimum atomic E-state index is 0.133. The zero-order valence-electron chi connectivity index (χ0n) is 12.0. The number of nitrogens with one attached hydrogen (secondary N) is 2. The van der Waals surface area contributed by atoms with E-state index in [4.69, 9.17) is 0 Å². The number of benzene rings is 1. The van der Waals surface area contributed by atoms with Crippen LogP contribution in [0.4, 0.5) is 0 Å². The summed E-state index contributed by atoms with van der Waals surface area (Å²) in [7, 11) is 0. The molecule has 106 valence electrons. The molecule has 2 N–H and O–H groups in total. The Hall–Kier alpha value is -1.77. The van der Waals surface area contributed by atoms with E-state index in [1.54, 1.807) is 0 Å². The number of H-pyrrole nitrogens is 1. The van der Waals surface area contributed by atoms with Gasteiger partial charge < -0.3 is 10.3 Å². The van der Waals surface area contributed by atoms with E-state index in [1.807, 2.05) is 24.4 Å². The number of rotatable bonds is 4. The molecule has 1 aromatic heterocycles. The Morgan fingerprint density at radius 2 is 2.20 bits per heavy atom. The van der Waals surface area contributed by atoms with Crippen LogP contribution in [-0.2, 0) is 11.2 Å². The first kappa shape index (κ1) is 13.2. The Balaban J connectivity index is 1.58. The van der Waals surface area contributed by atoms with Crippen molar-refractivity contribution < 1.29 is 4.79 Å². The van der Waals surface area contributed by atoms with E-state index in [0.29, 0.717) is 12.3 Å². The van der Waals surface area contributed by atoms with Crippen LogP contribution in [0.15, 0.2) is 30.5 Å². The molecule has 1 aromatic carbocycles. The fraction of sp³-hybridized carbons (Fsp3) is 0.471. The van der Waals surface area contributed by atoms with Crippen LogP contribution in [0.2, 0.25) is 0 Å². The van der Waals surface area contributed by atoms with Gasteiger partial charge in [0.2, 0.25) is 5.91 Å². The van der Waals surface area contributed by atoms with E-state index in [2.05, 4.69) is 23.3 Å². The lowest BCUT2D eigenvalue weighted by Crippen LogP contribution is -2.31. The van der Waals surface area contributed by atoms with Crippen molar-refractivity contribution in [1.82, 2.24) is 10.3 Å². The number of aromatic amines is 1. The molecule has 1 aliphatic rings. The van der Waals surface area contributed by atoms with Crippen LogP contribution >= 0.6 is 0 Å². The molecule has 20 heavy (non-hydrogen) atoms. The topological polar surface area (TPSA) is 44.9 Å². The van der Waals surface area contributed by atoms with Gasteiger partial charge in [-0.05, 0) is 29.9 Å². The highest BCUT2D eigenvalue weighted by atomic mass is 16.1. The maximum Gasteiger partial charge on any atom is 0.224 e. The van der Waals surface area contributed by atoms with Gasteiger partial charge >= 0.3 is 0 Å². The van der Waals surface area contributed by atoms with Gasteiger partial charge in [-0.15, -0.1) is 0 Å². The van der Waals surface area contributed by atoms with Crippen molar-refractivity contribution in [2.45, 2.75) is 32.6 Å². The lowest BCUT2D eigenvalue weighted by molar-refractivity contribution is -0.120. The fourth-order valence-corrected chi connectivity index (χ4v) is 3.28. The zero-order valence-corrected chi connectivity index (χ0v) is 12.0. The van der Waals surface area contributed by atoms with E-state index in [9.17, 15) is 4.79 Å². The molecule has 1 heterocycles. The third-order valence-electron chi connectivity index (χ3n) is 4.63. The van der Waals surface area contributed by atoms with Gasteiger partial charge in [0.05, 0.1) is 6.42 Å². The second kappa shape index (κ2) is 5.70. The number of carbonyl (C=O) groups is 1. The average Bonchev–Trinajstić information content (AvgIpc) is 3.04. The van der Waals surface area contributed by atoms with E-state index in [-0.39, 0.29) is 5.91 Å². The van der Waals surface area contributed by atoms with Gasteiger partial charge in [0, 0.05) is 23.6 Å². The summed E-state index contributed by atoms with van der Waals surface area (Å²) in [5.41, 5.74) is 2.18. The number of hydrogen-bond donors (Lipinski definition) is 2. The first-order valence-electron chi connectivity index (χ1n) is 7.55. The molecule has 3 nitrogen and oxygen atoms in total. The molecule has 1 saturated carbocycles. The average molecular weight is 270 g/mol. The van der Waals surface area contributed by atoms with E-state index in [0.717, 1.165) is 28.9 Å². The first-order valence-corrected chi connectivity index (χ1v) is 7.55. The quantitative estimate of drug-likeness (QED) is 0.880. The maximum absolute atomic E-state index is 12.1. The van der Waals surface area contributed by atoms with Crippen molar-refractivity contribution in [2.75, 3.05) is 6.54 Å². The van der Waals surface area contributed by atoms with E-state index < -0.39 is 0 Å². The Morgan fingerprint density at radius 1 is 1.35 bits per heavy atom. The molecule has 0 bridgehead atoms. The molecule has 0 saturated heterocycles. The predicted molar refractivity (Wildman–Crippen MR) is 81.5 cm³/mol. The molecule has 0 radical (unpaired) electrons. The predicted octanol–water partition coefficient (Wildman–Crippen LogP) is 3.26. The number of amides is 1. The second-order valence-electron chi connectivity index (χ2n) is 6.01. The molecule has 3 heteroatoms. The van der Waals surface area contributed by atoms with Crippen molar-refractivity contribution in [3.05, 3.63) is 36.0 Å². The minimum absolute atomic E-state index is 0.133. The molecule has 0 spiro atoms. The van der Waals surface area contributed by atoms with Crippen LogP contribution in [-0.4, -0.2) is 17.4 Å². The number of aromatic nitrogens is 1. The van der Waals surface area contributed by atoms with Crippen LogP contribution in [0, 0.1) is 11.8 Å². The lowest BCUT2D eigenvalue weighted by atomic mass is 9.98. The van der Waals surface area contributed by atoms with Crippen molar-refractivity contribution in [1.29, 1.82) is 0 Å². The van der Waals surface area contributed by atoms with Crippen molar-refractivity contribution >= 4 is 16.8 Å². The fourth-order valence-electron chi connectivity index (χ4n) is 3.28. The summed E-state index contributed by atoms with van der Waals surface area (Å²) in [6.45, 7) is 3.13. The summed E-state index contributed by atoms with van der Waals surface area (Å²) in [6.07, 6.45) is 6.29. The SMILES string of the molecule is CC1CCCC1CNC(=O)Cc1c[nH]c2ccccc12. The Bertz CT molecular complexity index is 602. The van der Waals surface area contributed by atoms with Crippen LogP contribution in [0.25, 0.3) is 10.9 Å². The number of carbonyl (C=O) groups excluding carboxylic acids is 1. The highest BCUT2D eigenvalue weighted by Gasteiger charge is 2.23. The number of fused-ring (bicyclic) bond motifs is 1. The lowest BCUT2D eigenvalue weighted by Gasteiger charge is -2.15. The summed E-state index contributed by atoms with van der Waals surface area (Å²) in [5, 5.41) is 4.26. The molecule has 1 fully saturated rings. The smallest absolute Gasteiger partial charge is 0.224 e. The highest BCUT2D eigenvalue weighted by molar-refractivity contribution is 5.88. The molecular formula is C17H22N2O. The molecule has 3 rings (SSSR count). The molecule has 2 unspecified atom stereocenters. The molecule has 0 aliphatic heterocycles. The minimum Gasteiger partial charge on any atom is -0.361 e. The first-order chi connectivity index (χ1) is 9.74. The molecule has 2 atom stereocenters. The Morgan fingerprint density at radius 3 is 3.00 bits per heavy atom. The molecule has 2 aromatic rings. The van der Waals surface area contributed by atoms with Gasteiger partial charge in [-0.1, -0.05) is 38.0 Å². The van der Waals surface area contributed by atoms with Gasteiger partial charge in [-0.2, -0.15) is 0 Å². The van der Waals surface area contributed by atoms with E-state index >= 15 is 0 Å². The standard InChI is InChI=1S/C17H22N2O/c1-12-5-4-6-13(12)10-19-17(20)9-14-11-18-16-8-3-2-7-15(14)16/h2-3,7-8,11-13,18H,4-6,9-10H2,1H3,(H,19,20). The summed E-state index contributed by atoms with van der Waals surface area (Å²) in [6, 6.07) is 8.12. The van der Waals surface area contributed by atoms with Gasteiger partial charge in [0.25, 0.3) is 0 Å². The third-order valence-corrected chi connectivity index (χ3v) is 4.63. The van der Waals surface area contributed by atoms with Crippen LogP contribution in [0.3, 0.4) is 0 Å². The Kier molecular flexibility index (Phi) is 3.77. The monoisotopic (exact) mass is 270 g/mol. The molecular weight excluding hydrogens is 248 g/mol. The van der Waals surface area contributed by atoms with Gasteiger partial charge in [0.15, 0.2) is 0 Å². The van der Waals surface area contributed by atoms with Crippen molar-refractivity contribution in [3.63, 3.8) is 0 Å². The van der Waals surface area contributed by atoms with Crippen LogP contribution in [0.1, 0.15) is 31.7 Å². The summed E-state index contributed by atoms with van der Waals surface area (Å²) in [5.74, 6) is 1.55. The summed E-state index contributed by atoms with van der Waals surface area (Å²) < 4.78 is 0.